The topological polar surface area (TPSA) is 169 Å². The van der Waals surface area contributed by atoms with Crippen molar-refractivity contribution in [3.8, 4) is 0 Å². The molecule has 1 aromatic carbocycles. The first-order valence-corrected chi connectivity index (χ1v) is 6.90. The van der Waals surface area contributed by atoms with Gasteiger partial charge in [-0.3, -0.25) is 9.59 Å². The Hall–Kier alpha value is -1.31. The van der Waals surface area contributed by atoms with E-state index in [0.717, 1.165) is 0 Å². The summed E-state index contributed by atoms with van der Waals surface area (Å²) in [6.07, 6.45) is -2.29. The van der Waals surface area contributed by atoms with Gasteiger partial charge in [-0.25, -0.2) is 4.79 Å². The second-order valence-electron chi connectivity index (χ2n) is 4.09. The molecular weight excluding hydrogens is 446 g/mol. The molecule has 1 aromatic rings. The molecule has 1 rings (SSSR count). The average Bonchev–Trinajstić information content (AvgIpc) is 2.38. The molecule has 0 aromatic heterocycles. The SMILES string of the molecule is O=C(O)CC(O)(CC(=O)O)C(=O)O.O=[P+](O)c1ccccc1.[Cu].[Cu]. The Morgan fingerprint density at radius 2 is 1.29 bits per heavy atom. The van der Waals surface area contributed by atoms with Gasteiger partial charge in [0.1, 0.15) is 0 Å². The maximum absolute atomic E-state index is 10.3. The summed E-state index contributed by atoms with van der Waals surface area (Å²) in [6, 6.07) is 8.53. The van der Waals surface area contributed by atoms with Crippen LogP contribution in [0.2, 0.25) is 0 Å². The van der Waals surface area contributed by atoms with E-state index in [1.807, 2.05) is 6.07 Å². The van der Waals surface area contributed by atoms with E-state index in [0.29, 0.717) is 5.30 Å². The Kier molecular flexibility index (Phi) is 15.0. The van der Waals surface area contributed by atoms with Crippen molar-refractivity contribution in [1.29, 1.82) is 0 Å². The van der Waals surface area contributed by atoms with Gasteiger partial charge in [-0.15, -0.1) is 0 Å². The van der Waals surface area contributed by atoms with Gasteiger partial charge in [0.15, 0.2) is 5.60 Å². The first kappa shape index (κ1) is 27.5. The zero-order chi connectivity index (χ0) is 17.3. The number of rotatable bonds is 6. The van der Waals surface area contributed by atoms with Crippen molar-refractivity contribution in [1.82, 2.24) is 0 Å². The molecule has 0 saturated carbocycles. The Morgan fingerprint density at radius 1 is 0.917 bits per heavy atom. The van der Waals surface area contributed by atoms with E-state index in [4.69, 9.17) is 25.3 Å². The molecule has 0 fully saturated rings. The fraction of sp³-hybridized carbons (Fsp3) is 0.250. The van der Waals surface area contributed by atoms with Gasteiger partial charge in [-0.1, -0.05) is 18.2 Å². The number of hydrogen-bond acceptors (Lipinski definition) is 5. The maximum Gasteiger partial charge on any atom is 0.546 e. The molecule has 0 amide bonds. The minimum absolute atomic E-state index is 0. The van der Waals surface area contributed by atoms with Crippen molar-refractivity contribution in [2.24, 2.45) is 0 Å². The summed E-state index contributed by atoms with van der Waals surface area (Å²) in [5.41, 5.74) is -2.74. The van der Waals surface area contributed by atoms with Gasteiger partial charge in [0, 0.05) is 34.1 Å². The summed E-state index contributed by atoms with van der Waals surface area (Å²) in [7, 11) is -2.15. The zero-order valence-corrected chi connectivity index (χ0v) is 14.5. The predicted molar refractivity (Wildman–Crippen MR) is 73.0 cm³/mol. The third-order valence-electron chi connectivity index (χ3n) is 2.26. The minimum Gasteiger partial charge on any atom is -0.481 e. The summed E-state index contributed by atoms with van der Waals surface area (Å²) in [4.78, 5) is 39.0. The molecule has 0 heterocycles. The van der Waals surface area contributed by atoms with Crippen molar-refractivity contribution in [3.05, 3.63) is 30.3 Å². The summed E-state index contributed by atoms with van der Waals surface area (Å²) < 4.78 is 10.3. The molecule has 9 nitrogen and oxygen atoms in total. The van der Waals surface area contributed by atoms with Gasteiger partial charge in [0.05, 0.1) is 12.8 Å². The fourth-order valence-electron chi connectivity index (χ4n) is 1.27. The zero-order valence-electron chi connectivity index (χ0n) is 11.7. The second-order valence-corrected chi connectivity index (χ2v) is 5.15. The van der Waals surface area contributed by atoms with Crippen LogP contribution in [0.5, 0.6) is 0 Å². The van der Waals surface area contributed by atoms with Gasteiger partial charge in [0.25, 0.3) is 0 Å². The van der Waals surface area contributed by atoms with Crippen molar-refractivity contribution in [3.63, 3.8) is 0 Å². The van der Waals surface area contributed by atoms with Crippen molar-refractivity contribution >= 4 is 31.2 Å². The maximum atomic E-state index is 10.3. The molecule has 24 heavy (non-hydrogen) atoms. The largest absolute Gasteiger partial charge is 0.546 e. The van der Waals surface area contributed by atoms with Gasteiger partial charge in [-0.05, 0) is 16.7 Å². The van der Waals surface area contributed by atoms with E-state index in [9.17, 15) is 18.9 Å². The molecule has 1 unspecified atom stereocenters. The van der Waals surface area contributed by atoms with Gasteiger partial charge < -0.3 is 20.4 Å². The quantitative estimate of drug-likeness (QED) is 0.285. The fourth-order valence-corrected chi connectivity index (χ4v) is 1.70. The monoisotopic (exact) mass is 459 g/mol. The molecule has 12 heteroatoms. The first-order valence-electron chi connectivity index (χ1n) is 5.69. The van der Waals surface area contributed by atoms with Crippen molar-refractivity contribution in [2.45, 2.75) is 18.4 Å². The van der Waals surface area contributed by atoms with Crippen LogP contribution in [-0.4, -0.2) is 48.8 Å². The van der Waals surface area contributed by atoms with E-state index in [1.54, 1.807) is 24.3 Å². The Labute approximate surface area is 158 Å². The molecule has 0 saturated heterocycles. The number of aliphatic carboxylic acids is 3. The van der Waals surface area contributed by atoms with Crippen molar-refractivity contribution in [2.75, 3.05) is 0 Å². The standard InChI is InChI=1S/C6H8O7.C6H5O2P.2Cu/c7-3(8)1-6(13,5(11)12)2-4(9)10;7-9(8)6-4-2-1-3-5-6;;/h13H,1-2H2,(H,7,8)(H,9,10)(H,11,12);1-5H;;/p+1. The Balaban J connectivity index is -0.000000355. The number of carbonyl (C=O) groups is 3. The number of carboxylic acid groups (broad SMARTS) is 3. The molecule has 0 aliphatic heterocycles. The van der Waals surface area contributed by atoms with Crippen LogP contribution in [0.4, 0.5) is 0 Å². The number of hydrogen-bond donors (Lipinski definition) is 5. The number of benzene rings is 1. The van der Waals surface area contributed by atoms with E-state index in [1.165, 1.54) is 0 Å². The summed E-state index contributed by atoms with van der Waals surface area (Å²) in [5.74, 6) is -5.02. The van der Waals surface area contributed by atoms with Crippen LogP contribution in [0.15, 0.2) is 30.3 Å². The molecule has 0 bridgehead atoms. The molecule has 5 N–H and O–H groups in total. The molecule has 0 aliphatic carbocycles. The van der Waals surface area contributed by atoms with E-state index in [-0.39, 0.29) is 34.1 Å². The van der Waals surface area contributed by atoms with Crippen molar-refractivity contribution < 1.29 is 78.4 Å². The van der Waals surface area contributed by atoms with Crippen LogP contribution in [0, 0.1) is 0 Å². The molecule has 1 atom stereocenters. The summed E-state index contributed by atoms with van der Waals surface area (Å²) >= 11 is 0. The third kappa shape index (κ3) is 11.3. The molecule has 142 valence electrons. The van der Waals surface area contributed by atoms with E-state index >= 15 is 0 Å². The Morgan fingerprint density at radius 3 is 1.50 bits per heavy atom. The average molecular weight is 460 g/mol. The second kappa shape index (κ2) is 13.0. The number of carboxylic acids is 3. The van der Waals surface area contributed by atoms with E-state index < -0.39 is 44.4 Å². The van der Waals surface area contributed by atoms with Gasteiger partial charge in [0.2, 0.25) is 5.30 Å². The van der Waals surface area contributed by atoms with E-state index in [2.05, 4.69) is 0 Å². The summed E-state index contributed by atoms with van der Waals surface area (Å²) in [6.45, 7) is 0. The van der Waals surface area contributed by atoms with Crippen LogP contribution >= 0.6 is 8.03 Å². The molecule has 0 spiro atoms. The predicted octanol–water partition coefficient (Wildman–Crippen LogP) is -0.207. The normalized spacial score (nSPS) is 10.0. The Bertz CT molecular complexity index is 549. The summed E-state index contributed by atoms with van der Waals surface area (Å²) in [5, 5.41) is 34.3. The van der Waals surface area contributed by atoms with Crippen LogP contribution in [-0.2, 0) is 53.1 Å². The van der Waals surface area contributed by atoms with Gasteiger partial charge in [-0.2, -0.15) is 4.89 Å². The smallest absolute Gasteiger partial charge is 0.481 e. The van der Waals surface area contributed by atoms with Crippen LogP contribution in [0.25, 0.3) is 0 Å². The molecular formula is C12H14Cu2O9P+. The van der Waals surface area contributed by atoms with Crippen LogP contribution < -0.4 is 5.30 Å². The number of aliphatic hydroxyl groups is 1. The molecule has 0 aliphatic rings. The first-order chi connectivity index (χ1) is 10.1. The van der Waals surface area contributed by atoms with Gasteiger partial charge >= 0.3 is 25.9 Å². The third-order valence-corrected chi connectivity index (χ3v) is 3.00. The minimum atomic E-state index is -2.74. The van der Waals surface area contributed by atoms with Crippen LogP contribution in [0.1, 0.15) is 12.8 Å². The van der Waals surface area contributed by atoms with Crippen LogP contribution in [0.3, 0.4) is 0 Å². The molecule has 2 radical (unpaired) electrons.